The van der Waals surface area contributed by atoms with Gasteiger partial charge in [0.1, 0.15) is 0 Å². The summed E-state index contributed by atoms with van der Waals surface area (Å²) >= 11 is 8.92. The van der Waals surface area contributed by atoms with Gasteiger partial charge in [-0.3, -0.25) is 0 Å². The Hall–Kier alpha value is 0.770. The van der Waals surface area contributed by atoms with Crippen LogP contribution in [0.5, 0.6) is 0 Å². The van der Waals surface area contributed by atoms with Crippen molar-refractivity contribution < 1.29 is 0 Å². The zero-order valence-electron chi connectivity index (χ0n) is 4.87. The molecule has 0 N–H and O–H groups in total. The first-order valence-electron chi connectivity index (χ1n) is 2.80. The molecule has 0 fully saturated rings. The maximum atomic E-state index is 5.46. The quantitative estimate of drug-likeness (QED) is 0.609. The molecule has 0 saturated carbocycles. The summed E-state index contributed by atoms with van der Waals surface area (Å²) in [5.41, 5.74) is 0. The number of hydrogen-bond acceptors (Lipinski definition) is 0. The maximum absolute atomic E-state index is 5.46. The molecule has 8 heavy (non-hydrogen) atoms. The predicted octanol–water partition coefficient (Wildman–Crippen LogP) is 2.99. The van der Waals surface area contributed by atoms with Gasteiger partial charge in [0.15, 0.2) is 0 Å². The molecule has 1 atom stereocenters. The van der Waals surface area contributed by atoms with Gasteiger partial charge in [-0.2, -0.15) is 0 Å². The molecule has 1 unspecified atom stereocenters. The number of hydrogen-bond donors (Lipinski definition) is 0. The van der Waals surface area contributed by atoms with Crippen molar-refractivity contribution in [3.63, 3.8) is 0 Å². The van der Waals surface area contributed by atoms with E-state index in [1.165, 1.54) is 0 Å². The highest BCUT2D eigenvalue weighted by molar-refractivity contribution is 9.09. The molecule has 0 amide bonds. The number of halogens is 2. The molecular formula is C6H11BrCl. The van der Waals surface area contributed by atoms with E-state index in [1.54, 1.807) is 0 Å². The summed E-state index contributed by atoms with van der Waals surface area (Å²) in [4.78, 5) is 0.571. The van der Waals surface area contributed by atoms with Gasteiger partial charge in [-0.25, -0.2) is 0 Å². The Bertz CT molecular complexity index is 47.8. The van der Waals surface area contributed by atoms with Gasteiger partial charge in [-0.15, -0.1) is 11.6 Å². The molecule has 0 rings (SSSR count). The van der Waals surface area contributed by atoms with Crippen LogP contribution in [0.1, 0.15) is 19.3 Å². The molecule has 1 radical (unpaired) electrons. The van der Waals surface area contributed by atoms with Gasteiger partial charge in [0.25, 0.3) is 0 Å². The molecule has 0 aliphatic rings. The van der Waals surface area contributed by atoms with Crippen molar-refractivity contribution in [2.75, 3.05) is 5.88 Å². The fraction of sp³-hybridized carbons (Fsp3) is 0.833. The molecule has 0 bridgehead atoms. The molecule has 49 valence electrons. The van der Waals surface area contributed by atoms with E-state index >= 15 is 0 Å². The van der Waals surface area contributed by atoms with Crippen LogP contribution in [0.15, 0.2) is 0 Å². The van der Waals surface area contributed by atoms with Crippen molar-refractivity contribution in [2.24, 2.45) is 0 Å². The van der Waals surface area contributed by atoms with Crippen molar-refractivity contribution in [3.8, 4) is 0 Å². The summed E-state index contributed by atoms with van der Waals surface area (Å²) < 4.78 is 0. The minimum atomic E-state index is 0.571. The number of rotatable bonds is 4. The van der Waals surface area contributed by atoms with Crippen molar-refractivity contribution in [1.29, 1.82) is 0 Å². The van der Waals surface area contributed by atoms with Gasteiger partial charge in [-0.1, -0.05) is 22.9 Å². The molecule has 0 aromatic carbocycles. The lowest BCUT2D eigenvalue weighted by molar-refractivity contribution is 0.759. The zero-order valence-corrected chi connectivity index (χ0v) is 7.21. The fourth-order valence-electron chi connectivity index (χ4n) is 0.443. The Kier molecular flexibility index (Phi) is 6.47. The Labute approximate surface area is 64.7 Å². The Morgan fingerprint density at radius 3 is 2.62 bits per heavy atom. The highest BCUT2D eigenvalue weighted by Crippen LogP contribution is 2.11. The average molecular weight is 199 g/mol. The van der Waals surface area contributed by atoms with Crippen LogP contribution in [0.4, 0.5) is 0 Å². The molecule has 0 aromatic rings. The first kappa shape index (κ1) is 8.77. The molecule has 0 aromatic heterocycles. The van der Waals surface area contributed by atoms with Crippen LogP contribution < -0.4 is 0 Å². The topological polar surface area (TPSA) is 0 Å². The Balaban J connectivity index is 2.86. The lowest BCUT2D eigenvalue weighted by Gasteiger charge is -2.01. The Morgan fingerprint density at radius 2 is 2.25 bits per heavy atom. The van der Waals surface area contributed by atoms with Crippen molar-refractivity contribution in [3.05, 3.63) is 6.92 Å². The van der Waals surface area contributed by atoms with E-state index in [0.29, 0.717) is 4.83 Å². The molecule has 0 spiro atoms. The molecule has 0 saturated heterocycles. The van der Waals surface area contributed by atoms with E-state index in [2.05, 4.69) is 22.9 Å². The van der Waals surface area contributed by atoms with Crippen LogP contribution in [-0.2, 0) is 0 Å². The van der Waals surface area contributed by atoms with E-state index in [4.69, 9.17) is 11.6 Å². The smallest absolute Gasteiger partial charge is 0.0223 e. The SMILES string of the molecule is [CH2]CC(Br)CCCCl. The van der Waals surface area contributed by atoms with Gasteiger partial charge in [-0.05, 0) is 19.3 Å². The van der Waals surface area contributed by atoms with Crippen LogP contribution in [0, 0.1) is 6.92 Å². The first-order valence-corrected chi connectivity index (χ1v) is 4.25. The van der Waals surface area contributed by atoms with Crippen LogP contribution in [0.25, 0.3) is 0 Å². The monoisotopic (exact) mass is 197 g/mol. The van der Waals surface area contributed by atoms with Gasteiger partial charge in [0, 0.05) is 10.7 Å². The third kappa shape index (κ3) is 4.92. The second-order valence-corrected chi connectivity index (χ2v) is 3.39. The standard InChI is InChI=1S/C6H11BrCl/c1-2-6(7)4-3-5-8/h6H,1-5H2. The highest BCUT2D eigenvalue weighted by atomic mass is 79.9. The van der Waals surface area contributed by atoms with Crippen molar-refractivity contribution in [2.45, 2.75) is 24.1 Å². The van der Waals surface area contributed by atoms with Crippen LogP contribution in [0.2, 0.25) is 0 Å². The first-order chi connectivity index (χ1) is 3.81. The normalized spacial score (nSPS) is 13.9. The van der Waals surface area contributed by atoms with Crippen LogP contribution in [-0.4, -0.2) is 10.7 Å². The number of alkyl halides is 2. The summed E-state index contributed by atoms with van der Waals surface area (Å²) in [5.74, 6) is 0.766. The molecular weight excluding hydrogens is 187 g/mol. The van der Waals surface area contributed by atoms with Gasteiger partial charge >= 0.3 is 0 Å². The fourth-order valence-corrected chi connectivity index (χ4v) is 0.921. The van der Waals surface area contributed by atoms with Gasteiger partial charge < -0.3 is 0 Å². The Morgan fingerprint density at radius 1 is 1.62 bits per heavy atom. The molecule has 0 aliphatic carbocycles. The summed E-state index contributed by atoms with van der Waals surface area (Å²) in [5, 5.41) is 0. The minimum absolute atomic E-state index is 0.571. The van der Waals surface area contributed by atoms with Crippen molar-refractivity contribution >= 4 is 27.5 Å². The maximum Gasteiger partial charge on any atom is 0.0223 e. The third-order valence-electron chi connectivity index (χ3n) is 0.964. The van der Waals surface area contributed by atoms with E-state index in [9.17, 15) is 0 Å². The summed E-state index contributed by atoms with van der Waals surface area (Å²) in [6, 6.07) is 0. The molecule has 0 nitrogen and oxygen atoms in total. The molecule has 0 heterocycles. The second kappa shape index (κ2) is 5.90. The zero-order chi connectivity index (χ0) is 6.41. The second-order valence-electron chi connectivity index (χ2n) is 1.72. The summed E-state index contributed by atoms with van der Waals surface area (Å²) in [6.45, 7) is 3.75. The highest BCUT2D eigenvalue weighted by Gasteiger charge is 1.97. The van der Waals surface area contributed by atoms with E-state index in [-0.39, 0.29) is 0 Å². The molecule has 0 aliphatic heterocycles. The minimum Gasteiger partial charge on any atom is -0.127 e. The van der Waals surface area contributed by atoms with Gasteiger partial charge in [0.05, 0.1) is 0 Å². The summed E-state index contributed by atoms with van der Waals surface area (Å²) in [7, 11) is 0. The van der Waals surface area contributed by atoms with E-state index in [0.717, 1.165) is 25.1 Å². The average Bonchev–Trinajstić information content (AvgIpc) is 1.83. The summed E-state index contributed by atoms with van der Waals surface area (Å²) in [6.07, 6.45) is 3.19. The lowest BCUT2D eigenvalue weighted by Crippen LogP contribution is -1.94. The van der Waals surface area contributed by atoms with Crippen LogP contribution in [0.3, 0.4) is 0 Å². The van der Waals surface area contributed by atoms with E-state index in [1.807, 2.05) is 0 Å². The predicted molar refractivity (Wildman–Crippen MR) is 42.6 cm³/mol. The third-order valence-corrected chi connectivity index (χ3v) is 2.15. The largest absolute Gasteiger partial charge is 0.127 e. The van der Waals surface area contributed by atoms with Crippen molar-refractivity contribution in [1.82, 2.24) is 0 Å². The van der Waals surface area contributed by atoms with Crippen LogP contribution >= 0.6 is 27.5 Å². The molecule has 2 heteroatoms. The van der Waals surface area contributed by atoms with E-state index < -0.39 is 0 Å². The van der Waals surface area contributed by atoms with Gasteiger partial charge in [0.2, 0.25) is 0 Å². The lowest BCUT2D eigenvalue weighted by atomic mass is 10.2.